The van der Waals surface area contributed by atoms with Crippen molar-refractivity contribution >= 4 is 27.4 Å². The molecule has 9 heteroatoms. The molecule has 0 bridgehead atoms. The Labute approximate surface area is 175 Å². The number of sulfonamides is 1. The van der Waals surface area contributed by atoms with E-state index in [4.69, 9.17) is 0 Å². The third-order valence-corrected chi connectivity index (χ3v) is 6.69. The smallest absolute Gasteiger partial charge is 0.319 e. The highest BCUT2D eigenvalue weighted by molar-refractivity contribution is 7.92. The minimum absolute atomic E-state index is 0.0276. The van der Waals surface area contributed by atoms with Gasteiger partial charge >= 0.3 is 6.03 Å². The van der Waals surface area contributed by atoms with Crippen molar-refractivity contribution in [1.82, 2.24) is 15.1 Å². The molecule has 0 atom stereocenters. The molecule has 1 aliphatic heterocycles. The predicted octanol–water partition coefficient (Wildman–Crippen LogP) is 2.45. The summed E-state index contributed by atoms with van der Waals surface area (Å²) in [5, 5.41) is 9.54. The Morgan fingerprint density at radius 1 is 1.10 bits per heavy atom. The number of benzene rings is 2. The molecular formula is C21H23N5O3S. The summed E-state index contributed by atoms with van der Waals surface area (Å²) in [4.78, 5) is 12.2. The number of hydrogen-bond donors (Lipinski definition) is 2. The van der Waals surface area contributed by atoms with E-state index < -0.39 is 16.1 Å². The zero-order valence-corrected chi connectivity index (χ0v) is 17.2. The molecule has 4 rings (SSSR count). The van der Waals surface area contributed by atoms with Crippen molar-refractivity contribution in [3.63, 3.8) is 0 Å². The summed E-state index contributed by atoms with van der Waals surface area (Å²) < 4.78 is 28.6. The summed E-state index contributed by atoms with van der Waals surface area (Å²) in [5.74, 6) is -0.159. The quantitative estimate of drug-likeness (QED) is 0.608. The van der Waals surface area contributed by atoms with E-state index in [1.165, 1.54) is 4.31 Å². The van der Waals surface area contributed by atoms with E-state index in [-0.39, 0.29) is 12.3 Å². The van der Waals surface area contributed by atoms with Crippen molar-refractivity contribution in [3.8, 4) is 0 Å². The Hall–Kier alpha value is -3.33. The molecule has 2 N–H and O–H groups in total. The molecule has 0 spiro atoms. The van der Waals surface area contributed by atoms with Gasteiger partial charge in [-0.15, -0.1) is 0 Å². The lowest BCUT2D eigenvalue weighted by Crippen LogP contribution is -2.38. The maximum Gasteiger partial charge on any atom is 0.319 e. The van der Waals surface area contributed by atoms with Crippen LogP contribution in [-0.2, 0) is 23.0 Å². The Morgan fingerprint density at radius 3 is 2.80 bits per heavy atom. The molecule has 0 saturated heterocycles. The van der Waals surface area contributed by atoms with Gasteiger partial charge < -0.3 is 10.6 Å². The Bertz CT molecular complexity index is 1130. The lowest BCUT2D eigenvalue weighted by Gasteiger charge is -2.19. The zero-order valence-electron chi connectivity index (χ0n) is 16.4. The first-order chi connectivity index (χ1) is 14.5. The summed E-state index contributed by atoms with van der Waals surface area (Å²) in [6.45, 7) is 1.07. The number of aromatic nitrogens is 2. The maximum absolute atomic E-state index is 12.7. The third-order valence-electron chi connectivity index (χ3n) is 4.91. The molecule has 0 radical (unpaired) electrons. The van der Waals surface area contributed by atoms with Crippen molar-refractivity contribution in [2.75, 3.05) is 28.5 Å². The number of amides is 2. The summed E-state index contributed by atoms with van der Waals surface area (Å²) in [6, 6.07) is 16.3. The second-order valence-corrected chi connectivity index (χ2v) is 9.06. The highest BCUT2D eigenvalue weighted by Gasteiger charge is 2.28. The standard InChI is InChI=1S/C21H23N5O3S/c27-21(24-19-7-3-5-17(15-19)16-25-12-4-10-23-25)22-11-14-30(28,29)26-13-9-18-6-1-2-8-20(18)26/h1-8,10,12,15H,9,11,13-14,16H2,(H2,22,24,27). The number of nitrogens with zero attached hydrogens (tertiary/aromatic N) is 3. The highest BCUT2D eigenvalue weighted by atomic mass is 32.2. The van der Waals surface area contributed by atoms with Gasteiger partial charge in [-0.25, -0.2) is 13.2 Å². The number of carbonyl (C=O) groups excluding carboxylic acids is 1. The molecule has 30 heavy (non-hydrogen) atoms. The van der Waals surface area contributed by atoms with Crippen LogP contribution < -0.4 is 14.9 Å². The largest absolute Gasteiger partial charge is 0.337 e. The minimum atomic E-state index is -3.50. The number of fused-ring (bicyclic) bond motifs is 1. The first kappa shape index (κ1) is 20.0. The van der Waals surface area contributed by atoms with E-state index in [9.17, 15) is 13.2 Å². The van der Waals surface area contributed by atoms with Gasteiger partial charge in [0.15, 0.2) is 0 Å². The van der Waals surface area contributed by atoms with Crippen molar-refractivity contribution in [3.05, 3.63) is 78.1 Å². The van der Waals surface area contributed by atoms with E-state index in [1.54, 1.807) is 16.9 Å². The molecule has 2 heterocycles. The highest BCUT2D eigenvalue weighted by Crippen LogP contribution is 2.29. The first-order valence-corrected chi connectivity index (χ1v) is 11.3. The molecule has 1 aromatic heterocycles. The number of nitrogens with one attached hydrogen (secondary N) is 2. The molecule has 0 saturated carbocycles. The lowest BCUT2D eigenvalue weighted by atomic mass is 10.2. The summed E-state index contributed by atoms with van der Waals surface area (Å²) in [5.41, 5.74) is 3.39. The van der Waals surface area contributed by atoms with E-state index in [1.807, 2.05) is 54.7 Å². The minimum Gasteiger partial charge on any atom is -0.337 e. The number of rotatable bonds is 7. The summed E-state index contributed by atoms with van der Waals surface area (Å²) in [6.07, 6.45) is 4.29. The summed E-state index contributed by atoms with van der Waals surface area (Å²) in [7, 11) is -3.50. The molecule has 0 aliphatic carbocycles. The van der Waals surface area contributed by atoms with Crippen molar-refractivity contribution in [2.45, 2.75) is 13.0 Å². The fourth-order valence-corrected chi connectivity index (χ4v) is 4.93. The Morgan fingerprint density at radius 2 is 1.97 bits per heavy atom. The van der Waals surface area contributed by atoms with Gasteiger partial charge in [0.05, 0.1) is 18.0 Å². The average Bonchev–Trinajstić information content (AvgIpc) is 3.38. The number of urea groups is 1. The molecule has 156 valence electrons. The van der Waals surface area contributed by atoms with E-state index in [2.05, 4.69) is 15.7 Å². The average molecular weight is 426 g/mol. The Kier molecular flexibility index (Phi) is 5.71. The van der Waals surface area contributed by atoms with Gasteiger partial charge in [-0.05, 0) is 41.8 Å². The number of para-hydroxylation sites is 1. The molecule has 3 aromatic rings. The van der Waals surface area contributed by atoms with Crippen LogP contribution in [0.2, 0.25) is 0 Å². The second-order valence-electron chi connectivity index (χ2n) is 7.05. The SMILES string of the molecule is O=C(NCCS(=O)(=O)N1CCc2ccccc21)Nc1cccc(Cn2cccn2)c1. The van der Waals surface area contributed by atoms with Gasteiger partial charge in [0.1, 0.15) is 0 Å². The fraction of sp³-hybridized carbons (Fsp3) is 0.238. The summed E-state index contributed by atoms with van der Waals surface area (Å²) >= 11 is 0. The van der Waals surface area contributed by atoms with E-state index in [0.29, 0.717) is 25.2 Å². The van der Waals surface area contributed by atoms with Gasteiger partial charge in [-0.3, -0.25) is 8.99 Å². The van der Waals surface area contributed by atoms with Crippen LogP contribution in [0.25, 0.3) is 0 Å². The fourth-order valence-electron chi connectivity index (χ4n) is 3.50. The lowest BCUT2D eigenvalue weighted by molar-refractivity contribution is 0.252. The number of carbonyl (C=O) groups is 1. The molecule has 0 fully saturated rings. The predicted molar refractivity (Wildman–Crippen MR) is 116 cm³/mol. The van der Waals surface area contributed by atoms with Crippen LogP contribution >= 0.6 is 0 Å². The molecule has 0 unspecified atom stereocenters. The van der Waals surface area contributed by atoms with Crippen molar-refractivity contribution in [1.29, 1.82) is 0 Å². The van der Waals surface area contributed by atoms with Crippen LogP contribution in [0.5, 0.6) is 0 Å². The topological polar surface area (TPSA) is 96.3 Å². The van der Waals surface area contributed by atoms with Crippen LogP contribution in [0.3, 0.4) is 0 Å². The first-order valence-electron chi connectivity index (χ1n) is 9.71. The molecule has 8 nitrogen and oxygen atoms in total. The third kappa shape index (κ3) is 4.62. The van der Waals surface area contributed by atoms with Gasteiger partial charge in [0.2, 0.25) is 10.0 Å². The zero-order chi connectivity index (χ0) is 21.0. The normalized spacial score (nSPS) is 13.1. The second kappa shape index (κ2) is 8.58. The van der Waals surface area contributed by atoms with Crippen molar-refractivity contribution in [2.24, 2.45) is 0 Å². The number of hydrogen-bond acceptors (Lipinski definition) is 4. The molecule has 2 aromatic carbocycles. The monoisotopic (exact) mass is 425 g/mol. The van der Waals surface area contributed by atoms with Crippen LogP contribution in [0, 0.1) is 0 Å². The van der Waals surface area contributed by atoms with Gasteiger partial charge in [-0.1, -0.05) is 30.3 Å². The van der Waals surface area contributed by atoms with Crippen LogP contribution in [0.1, 0.15) is 11.1 Å². The van der Waals surface area contributed by atoms with Gasteiger partial charge in [-0.2, -0.15) is 5.10 Å². The van der Waals surface area contributed by atoms with Crippen LogP contribution in [0.15, 0.2) is 67.0 Å². The van der Waals surface area contributed by atoms with E-state index in [0.717, 1.165) is 16.8 Å². The Balaban J connectivity index is 1.29. The van der Waals surface area contributed by atoms with Crippen LogP contribution in [0.4, 0.5) is 16.2 Å². The maximum atomic E-state index is 12.7. The van der Waals surface area contributed by atoms with Crippen molar-refractivity contribution < 1.29 is 13.2 Å². The molecule has 2 amide bonds. The number of anilines is 2. The van der Waals surface area contributed by atoms with Gasteiger partial charge in [0.25, 0.3) is 0 Å². The molecular weight excluding hydrogens is 402 g/mol. The molecule has 1 aliphatic rings. The van der Waals surface area contributed by atoms with Crippen LogP contribution in [-0.4, -0.2) is 43.1 Å². The van der Waals surface area contributed by atoms with E-state index >= 15 is 0 Å². The van der Waals surface area contributed by atoms with Gasteiger partial charge in [0, 0.05) is 31.2 Å².